The van der Waals surface area contributed by atoms with E-state index in [4.69, 9.17) is 4.42 Å². The van der Waals surface area contributed by atoms with Crippen molar-refractivity contribution in [2.75, 3.05) is 0 Å². The molecule has 0 aliphatic heterocycles. The lowest BCUT2D eigenvalue weighted by Crippen LogP contribution is -2.24. The Morgan fingerprint density at radius 3 is 2.90 bits per heavy atom. The molecule has 3 rings (SSSR count). The molecule has 0 atom stereocenters. The molecule has 0 saturated carbocycles. The number of nitrogens with zero attached hydrogens (tertiary/aromatic N) is 1. The van der Waals surface area contributed by atoms with Crippen LogP contribution in [0.2, 0.25) is 0 Å². The third kappa shape index (κ3) is 2.69. The lowest BCUT2D eigenvalue weighted by atomic mass is 10.1. The smallest absolute Gasteiger partial charge is 0.224 e. The van der Waals surface area contributed by atoms with Gasteiger partial charge in [0.05, 0.1) is 24.7 Å². The average Bonchev–Trinajstić information content (AvgIpc) is 2.99. The fraction of sp³-hybridized carbons (Fsp3) is 0.125. The molecule has 0 radical (unpaired) electrons. The van der Waals surface area contributed by atoms with Gasteiger partial charge < -0.3 is 9.73 Å². The van der Waals surface area contributed by atoms with Crippen LogP contribution < -0.4 is 5.32 Å². The summed E-state index contributed by atoms with van der Waals surface area (Å²) in [4.78, 5) is 16.3. The lowest BCUT2D eigenvalue weighted by molar-refractivity contribution is -0.120. The first kappa shape index (κ1) is 12.4. The highest BCUT2D eigenvalue weighted by atomic mass is 16.3. The molecule has 100 valence electrons. The van der Waals surface area contributed by atoms with Gasteiger partial charge in [-0.2, -0.15) is 0 Å². The molecule has 0 saturated heterocycles. The maximum Gasteiger partial charge on any atom is 0.224 e. The fourth-order valence-corrected chi connectivity index (χ4v) is 2.14. The molecule has 3 aromatic rings. The summed E-state index contributed by atoms with van der Waals surface area (Å²) in [5, 5.41) is 3.88. The van der Waals surface area contributed by atoms with Crippen molar-refractivity contribution < 1.29 is 9.21 Å². The molecule has 0 spiro atoms. The summed E-state index contributed by atoms with van der Waals surface area (Å²) >= 11 is 0. The zero-order valence-corrected chi connectivity index (χ0v) is 10.9. The van der Waals surface area contributed by atoms with Crippen LogP contribution in [0.5, 0.6) is 0 Å². The van der Waals surface area contributed by atoms with Crippen LogP contribution in [-0.2, 0) is 17.8 Å². The van der Waals surface area contributed by atoms with E-state index >= 15 is 0 Å². The van der Waals surface area contributed by atoms with E-state index < -0.39 is 0 Å². The van der Waals surface area contributed by atoms with Gasteiger partial charge in [-0.25, -0.2) is 0 Å². The summed E-state index contributed by atoms with van der Waals surface area (Å²) in [6.07, 6.45) is 3.65. The Morgan fingerprint density at radius 2 is 2.05 bits per heavy atom. The number of hydrogen-bond acceptors (Lipinski definition) is 3. The van der Waals surface area contributed by atoms with Gasteiger partial charge in [-0.15, -0.1) is 0 Å². The Morgan fingerprint density at radius 1 is 1.15 bits per heavy atom. The van der Waals surface area contributed by atoms with E-state index in [9.17, 15) is 4.79 Å². The molecule has 0 bridgehead atoms. The van der Waals surface area contributed by atoms with Crippen LogP contribution in [0.25, 0.3) is 10.9 Å². The highest BCUT2D eigenvalue weighted by molar-refractivity contribution is 5.87. The summed E-state index contributed by atoms with van der Waals surface area (Å²) < 4.78 is 5.18. The molecule has 0 fully saturated rings. The predicted molar refractivity (Wildman–Crippen MR) is 76.0 cm³/mol. The van der Waals surface area contributed by atoms with Crippen LogP contribution in [0.1, 0.15) is 11.3 Å². The summed E-state index contributed by atoms with van der Waals surface area (Å²) in [6.45, 7) is 0.407. The van der Waals surface area contributed by atoms with E-state index in [0.717, 1.165) is 22.2 Å². The number of furan rings is 1. The number of pyridine rings is 1. The third-order valence-corrected chi connectivity index (χ3v) is 3.11. The van der Waals surface area contributed by atoms with Crippen molar-refractivity contribution in [1.29, 1.82) is 0 Å². The van der Waals surface area contributed by atoms with E-state index in [-0.39, 0.29) is 5.91 Å². The molecule has 1 amide bonds. The molecule has 1 N–H and O–H groups in total. The molecule has 0 unspecified atom stereocenters. The Labute approximate surface area is 116 Å². The van der Waals surface area contributed by atoms with Crippen molar-refractivity contribution in [2.24, 2.45) is 0 Å². The first-order valence-electron chi connectivity index (χ1n) is 6.44. The molecular formula is C16H14N2O2. The van der Waals surface area contributed by atoms with Crippen molar-refractivity contribution in [1.82, 2.24) is 10.3 Å². The molecule has 4 heteroatoms. The minimum Gasteiger partial charge on any atom is -0.467 e. The number of nitrogens with one attached hydrogen (secondary N) is 1. The second kappa shape index (κ2) is 5.57. The summed E-state index contributed by atoms with van der Waals surface area (Å²) in [6, 6.07) is 13.4. The van der Waals surface area contributed by atoms with Gasteiger partial charge in [0, 0.05) is 11.6 Å². The van der Waals surface area contributed by atoms with Gasteiger partial charge in [0.2, 0.25) is 5.91 Å². The standard InChI is InChI=1S/C16H14N2O2/c19-15(18-11-14-7-3-9-20-14)10-13-5-1-4-12-6-2-8-17-16(12)13/h1-9H,10-11H2,(H,18,19). The van der Waals surface area contributed by atoms with Gasteiger partial charge in [-0.1, -0.05) is 24.3 Å². The van der Waals surface area contributed by atoms with Crippen molar-refractivity contribution in [3.8, 4) is 0 Å². The highest BCUT2D eigenvalue weighted by Gasteiger charge is 2.08. The molecule has 1 aromatic carbocycles. The van der Waals surface area contributed by atoms with Gasteiger partial charge in [-0.3, -0.25) is 9.78 Å². The number of benzene rings is 1. The zero-order valence-electron chi connectivity index (χ0n) is 10.9. The van der Waals surface area contributed by atoms with Crippen LogP contribution in [-0.4, -0.2) is 10.9 Å². The van der Waals surface area contributed by atoms with Gasteiger partial charge in [0.1, 0.15) is 5.76 Å². The largest absolute Gasteiger partial charge is 0.467 e. The quantitative estimate of drug-likeness (QED) is 0.790. The number of hydrogen-bond donors (Lipinski definition) is 1. The summed E-state index contributed by atoms with van der Waals surface area (Å²) in [7, 11) is 0. The first-order valence-corrected chi connectivity index (χ1v) is 6.44. The number of carbonyl (C=O) groups excluding carboxylic acids is 1. The zero-order chi connectivity index (χ0) is 13.8. The number of aromatic nitrogens is 1. The second-order valence-electron chi connectivity index (χ2n) is 4.53. The predicted octanol–water partition coefficient (Wildman–Crippen LogP) is 2.69. The van der Waals surface area contributed by atoms with Crippen molar-refractivity contribution in [2.45, 2.75) is 13.0 Å². The summed E-state index contributed by atoms with van der Waals surface area (Å²) in [5.41, 5.74) is 1.81. The number of rotatable bonds is 4. The maximum absolute atomic E-state index is 12.0. The van der Waals surface area contributed by atoms with Crippen LogP contribution in [0.3, 0.4) is 0 Å². The number of carbonyl (C=O) groups is 1. The van der Waals surface area contributed by atoms with E-state index in [1.54, 1.807) is 18.5 Å². The van der Waals surface area contributed by atoms with Gasteiger partial charge in [-0.05, 0) is 23.8 Å². The minimum atomic E-state index is -0.0421. The normalized spacial score (nSPS) is 10.6. The second-order valence-corrected chi connectivity index (χ2v) is 4.53. The van der Waals surface area contributed by atoms with Crippen molar-refractivity contribution >= 4 is 16.8 Å². The van der Waals surface area contributed by atoms with Crippen molar-refractivity contribution in [3.05, 3.63) is 66.2 Å². The van der Waals surface area contributed by atoms with Gasteiger partial charge >= 0.3 is 0 Å². The van der Waals surface area contributed by atoms with Crippen LogP contribution >= 0.6 is 0 Å². The van der Waals surface area contributed by atoms with E-state index in [0.29, 0.717) is 13.0 Å². The van der Waals surface area contributed by atoms with E-state index in [1.807, 2.05) is 36.4 Å². The molecule has 2 aromatic heterocycles. The average molecular weight is 266 g/mol. The molecule has 4 nitrogen and oxygen atoms in total. The highest BCUT2D eigenvalue weighted by Crippen LogP contribution is 2.16. The Hall–Kier alpha value is -2.62. The molecule has 0 aliphatic carbocycles. The topological polar surface area (TPSA) is 55.1 Å². The SMILES string of the molecule is O=C(Cc1cccc2cccnc12)NCc1ccco1. The number of para-hydroxylation sites is 1. The van der Waals surface area contributed by atoms with Crippen LogP contribution in [0.4, 0.5) is 0 Å². The third-order valence-electron chi connectivity index (χ3n) is 3.11. The first-order chi connectivity index (χ1) is 9.83. The monoisotopic (exact) mass is 266 g/mol. The fourth-order valence-electron chi connectivity index (χ4n) is 2.14. The Balaban J connectivity index is 1.71. The lowest BCUT2D eigenvalue weighted by Gasteiger charge is -2.06. The molecular weight excluding hydrogens is 252 g/mol. The number of fused-ring (bicyclic) bond motifs is 1. The Kier molecular flexibility index (Phi) is 3.46. The van der Waals surface area contributed by atoms with E-state index in [1.165, 1.54) is 0 Å². The maximum atomic E-state index is 12.0. The summed E-state index contributed by atoms with van der Waals surface area (Å²) in [5.74, 6) is 0.703. The molecule has 2 heterocycles. The van der Waals surface area contributed by atoms with Gasteiger partial charge in [0.15, 0.2) is 0 Å². The Bertz CT molecular complexity index is 715. The van der Waals surface area contributed by atoms with Crippen LogP contribution in [0.15, 0.2) is 59.3 Å². The van der Waals surface area contributed by atoms with E-state index in [2.05, 4.69) is 10.3 Å². The minimum absolute atomic E-state index is 0.0421. The number of amides is 1. The molecule has 0 aliphatic rings. The molecule has 20 heavy (non-hydrogen) atoms. The van der Waals surface area contributed by atoms with Crippen LogP contribution in [0, 0.1) is 0 Å². The van der Waals surface area contributed by atoms with Gasteiger partial charge in [0.25, 0.3) is 0 Å². The van der Waals surface area contributed by atoms with Crippen molar-refractivity contribution in [3.63, 3.8) is 0 Å².